The number of methoxy groups -OCH3 is 1. The molecule has 3 aliphatic rings. The number of likely N-dealkylation sites (tertiary alicyclic amines) is 3. The minimum Gasteiger partial charge on any atom is -0.468 e. The zero-order valence-electron chi connectivity index (χ0n) is 38.8. The van der Waals surface area contributed by atoms with Gasteiger partial charge >= 0.3 is 5.97 Å². The van der Waals surface area contributed by atoms with Gasteiger partial charge in [-0.2, -0.15) is 0 Å². The van der Waals surface area contributed by atoms with Gasteiger partial charge in [0, 0.05) is 37.6 Å². The van der Waals surface area contributed by atoms with Gasteiger partial charge < -0.3 is 41.3 Å². The Balaban J connectivity index is -0.000000180. The molecule has 3 fully saturated rings. The van der Waals surface area contributed by atoms with E-state index in [2.05, 4.69) is 35.8 Å². The van der Waals surface area contributed by atoms with Crippen molar-refractivity contribution >= 4 is 23.3 Å². The molecule has 0 aromatic carbocycles. The molecule has 7 N–H and O–H groups in total. The van der Waals surface area contributed by atoms with Gasteiger partial charge in [-0.1, -0.05) is 21.3 Å². The van der Waals surface area contributed by atoms with Crippen molar-refractivity contribution in [3.05, 3.63) is 0 Å². The summed E-state index contributed by atoms with van der Waals surface area (Å²) < 4.78 is 4.40. The third-order valence-electron chi connectivity index (χ3n) is 11.2. The summed E-state index contributed by atoms with van der Waals surface area (Å²) in [6, 6.07) is 0.882. The summed E-state index contributed by atoms with van der Waals surface area (Å²) >= 11 is 0. The molecule has 3 saturated heterocycles. The third-order valence-corrected chi connectivity index (χ3v) is 11.2. The molecule has 10 unspecified atom stereocenters. The molecule has 15 heteroatoms. The zero-order valence-corrected chi connectivity index (χ0v) is 38.8. The topological polar surface area (TPSA) is 196 Å². The van der Waals surface area contributed by atoms with Crippen molar-refractivity contribution in [1.29, 1.82) is 0 Å². The van der Waals surface area contributed by atoms with Crippen molar-refractivity contribution in [1.82, 2.24) is 36.0 Å². The Bertz CT molecular complexity index is 1020. The molecule has 0 aromatic rings. The third kappa shape index (κ3) is 25.4. The molecule has 0 bridgehead atoms. The molecule has 0 saturated carbocycles. The van der Waals surface area contributed by atoms with Crippen molar-refractivity contribution < 1.29 is 39.2 Å². The van der Waals surface area contributed by atoms with Gasteiger partial charge in [0.1, 0.15) is 17.6 Å². The van der Waals surface area contributed by atoms with Crippen LogP contribution in [0.2, 0.25) is 0 Å². The maximum absolute atomic E-state index is 10.7. The summed E-state index contributed by atoms with van der Waals surface area (Å²) in [5.41, 5.74) is -1.40. The second-order valence-corrected chi connectivity index (χ2v) is 15.7. The number of ketones is 3. The Morgan fingerprint density at radius 1 is 0.804 bits per heavy atom. The predicted octanol–water partition coefficient (Wildman–Crippen LogP) is 1.95. The largest absolute Gasteiger partial charge is 0.468 e. The fourth-order valence-corrected chi connectivity index (χ4v) is 4.50. The van der Waals surface area contributed by atoms with Gasteiger partial charge in [0.25, 0.3) is 0 Å². The molecule has 0 radical (unpaired) electrons. The molecule has 0 aromatic heterocycles. The lowest BCUT2D eigenvalue weighted by molar-refractivity contribution is -0.142. The molecule has 0 amide bonds. The number of aliphatic hydroxyl groups is 3. The first-order valence-electron chi connectivity index (χ1n) is 19.6. The molecule has 3 aliphatic heterocycles. The van der Waals surface area contributed by atoms with Crippen LogP contribution >= 0.6 is 0 Å². The van der Waals surface area contributed by atoms with Crippen LogP contribution in [0.15, 0.2) is 0 Å². The van der Waals surface area contributed by atoms with E-state index in [0.717, 1.165) is 19.5 Å². The van der Waals surface area contributed by atoms with Crippen molar-refractivity contribution in [3.63, 3.8) is 0 Å². The number of hydrogen-bond donors (Lipinski definition) is 7. The van der Waals surface area contributed by atoms with E-state index in [1.807, 2.05) is 109 Å². The van der Waals surface area contributed by atoms with Crippen LogP contribution in [0.4, 0.5) is 0 Å². The molecule has 3 rings (SSSR count). The monoisotopic (exact) mass is 810 g/mol. The lowest BCUT2D eigenvalue weighted by Gasteiger charge is -2.49. The summed E-state index contributed by atoms with van der Waals surface area (Å²) in [7, 11) is 14.5. The smallest absolute Gasteiger partial charge is 0.322 e. The molecule has 56 heavy (non-hydrogen) atoms. The van der Waals surface area contributed by atoms with Crippen molar-refractivity contribution in [2.24, 2.45) is 0 Å². The first kappa shape index (κ1) is 63.3. The van der Waals surface area contributed by atoms with Crippen LogP contribution < -0.4 is 21.3 Å². The highest BCUT2D eigenvalue weighted by Gasteiger charge is 2.42. The summed E-state index contributed by atoms with van der Waals surface area (Å²) in [6.45, 7) is 26.7. The summed E-state index contributed by atoms with van der Waals surface area (Å²) in [4.78, 5) is 48.1. The van der Waals surface area contributed by atoms with Crippen molar-refractivity contribution in [3.8, 4) is 0 Å². The number of carbonyl (C=O) groups excluding carboxylic acids is 4. The molecule has 15 nitrogen and oxygen atoms in total. The standard InChI is InChI=1S/C7H17NO.3C6H13NO.C5H11NO2.C5H9NO.C5H11NO.CH4/c1-5-7(3,9)6(2)8-4;2*1-5-6(2,8)4-7(5)3;1-4-6(8)5(2)7-3;1-4(6-2)5(7)8-3;1-4-5(7)3-6(4)2;1-4(6-3)5(2)7;/h6,8-9H,5H2,1-4H3;2*5,8H,4H2,1-3H3;5,7H,4H2,1-3H3;4,6H,1-3H3;4H,3H2,1-2H3;4,6H,1-3H3;1H4. The van der Waals surface area contributed by atoms with Gasteiger partial charge in [-0.05, 0) is 132 Å². The second-order valence-electron chi connectivity index (χ2n) is 15.7. The van der Waals surface area contributed by atoms with E-state index in [1.54, 1.807) is 35.0 Å². The van der Waals surface area contributed by atoms with Crippen molar-refractivity contribution in [2.45, 2.75) is 169 Å². The number of Topliss-reactive ketones (excluding diaryl/α,β-unsaturated/α-hetero) is 3. The Morgan fingerprint density at radius 3 is 1.23 bits per heavy atom. The van der Waals surface area contributed by atoms with Gasteiger partial charge in [-0.25, -0.2) is 0 Å². The zero-order chi connectivity index (χ0) is 44.7. The van der Waals surface area contributed by atoms with E-state index in [-0.39, 0.29) is 55.2 Å². The molecule has 10 atom stereocenters. The fourth-order valence-electron chi connectivity index (χ4n) is 4.50. The Labute approximate surface area is 343 Å². The van der Waals surface area contributed by atoms with E-state index >= 15 is 0 Å². The second kappa shape index (κ2) is 31.1. The number of rotatable bonds is 10. The highest BCUT2D eigenvalue weighted by molar-refractivity contribution is 5.90. The number of carbonyl (C=O) groups is 4. The molecular weight excluding hydrogens is 718 g/mol. The molecular formula is C41H91N7O8. The molecule has 0 spiro atoms. The number of esters is 1. The highest BCUT2D eigenvalue weighted by Crippen LogP contribution is 2.26. The van der Waals surface area contributed by atoms with Gasteiger partial charge in [0.15, 0.2) is 5.78 Å². The lowest BCUT2D eigenvalue weighted by atomic mass is 9.88. The molecule has 338 valence electrons. The average molecular weight is 810 g/mol. The van der Waals surface area contributed by atoms with Crippen LogP contribution in [-0.2, 0) is 23.9 Å². The van der Waals surface area contributed by atoms with E-state index in [4.69, 9.17) is 0 Å². The van der Waals surface area contributed by atoms with Crippen LogP contribution in [0.25, 0.3) is 0 Å². The van der Waals surface area contributed by atoms with Crippen LogP contribution in [0.1, 0.15) is 110 Å². The first-order chi connectivity index (χ1) is 25.0. The number of ether oxygens (including phenoxy) is 1. The van der Waals surface area contributed by atoms with E-state index in [1.165, 1.54) is 7.11 Å². The number of likely N-dealkylation sites (N-methyl/N-ethyl adjacent to an activating group) is 7. The Hall–Kier alpha value is -1.92. The summed E-state index contributed by atoms with van der Waals surface area (Å²) in [5, 5.41) is 39.6. The van der Waals surface area contributed by atoms with Crippen LogP contribution in [-0.4, -0.2) is 189 Å². The van der Waals surface area contributed by atoms with Crippen LogP contribution in [0.5, 0.6) is 0 Å². The van der Waals surface area contributed by atoms with Gasteiger partial charge in [-0.15, -0.1) is 0 Å². The number of β-amino-alcohol motifs (C(OH)–C–C–N with tert-alkyl or cyclic N) is 2. The number of hydrogen-bond acceptors (Lipinski definition) is 15. The predicted molar refractivity (Wildman–Crippen MR) is 232 cm³/mol. The summed E-state index contributed by atoms with van der Waals surface area (Å²) in [6.07, 6.45) is 1.41. The summed E-state index contributed by atoms with van der Waals surface area (Å²) in [5.74, 6) is 0.588. The van der Waals surface area contributed by atoms with E-state index in [9.17, 15) is 34.5 Å². The highest BCUT2D eigenvalue weighted by atomic mass is 16.5. The quantitative estimate of drug-likeness (QED) is 0.158. The van der Waals surface area contributed by atoms with Gasteiger partial charge in [0.2, 0.25) is 0 Å². The minimum absolute atomic E-state index is 0. The fraction of sp³-hybridized carbons (Fsp3) is 0.902. The maximum atomic E-state index is 10.7. The molecule has 3 heterocycles. The number of nitrogens with one attached hydrogen (secondary N) is 4. The van der Waals surface area contributed by atoms with Crippen LogP contribution in [0, 0.1) is 0 Å². The van der Waals surface area contributed by atoms with Crippen molar-refractivity contribution in [2.75, 3.05) is 76.1 Å². The lowest BCUT2D eigenvalue weighted by Crippen LogP contribution is -2.64. The maximum Gasteiger partial charge on any atom is 0.322 e. The Kier molecular flexibility index (Phi) is 35.1. The van der Waals surface area contributed by atoms with E-state index in [0.29, 0.717) is 30.8 Å². The van der Waals surface area contributed by atoms with Gasteiger partial charge in [-0.3, -0.25) is 33.9 Å². The average Bonchev–Trinajstić information content (AvgIpc) is 3.16. The molecule has 0 aliphatic carbocycles. The number of nitrogens with zero attached hydrogens (tertiary/aromatic N) is 3. The SMILES string of the molecule is C.CC1C(=O)CN1C.CC1N(C)CC1(C)O.CC1N(C)CC1(C)O.CCC(=O)C(C)NC.CCC(C)(O)C(C)NC.CNC(C)C(=O)OC.CNC(C)C(C)=O. The van der Waals surface area contributed by atoms with E-state index < -0.39 is 16.8 Å². The normalized spacial score (nSPS) is 26.9. The minimum atomic E-state index is -0.561. The Morgan fingerprint density at radius 2 is 1.18 bits per heavy atom. The van der Waals surface area contributed by atoms with Gasteiger partial charge in [0.05, 0.1) is 48.6 Å². The van der Waals surface area contributed by atoms with Crippen LogP contribution in [0.3, 0.4) is 0 Å². The first-order valence-corrected chi connectivity index (χ1v) is 19.6.